The molecule has 0 aromatic heterocycles. The smallest absolute Gasteiger partial charge is 0.240 e. The summed E-state index contributed by atoms with van der Waals surface area (Å²) in [4.78, 5) is 12.0. The Bertz CT molecular complexity index is 780. The van der Waals surface area contributed by atoms with Gasteiger partial charge >= 0.3 is 0 Å². The van der Waals surface area contributed by atoms with E-state index in [1.54, 1.807) is 6.07 Å². The van der Waals surface area contributed by atoms with Crippen molar-refractivity contribution in [2.75, 3.05) is 0 Å². The van der Waals surface area contributed by atoms with Gasteiger partial charge in [-0.15, -0.1) is 0 Å². The third kappa shape index (κ3) is 3.97. The Morgan fingerprint density at radius 1 is 1.20 bits per heavy atom. The Labute approximate surface area is 147 Å². The molecule has 1 heterocycles. The fourth-order valence-corrected chi connectivity index (χ4v) is 3.35. The molecule has 4 N–H and O–H groups in total. The molecule has 132 valence electrons. The molecule has 2 unspecified atom stereocenters. The number of hydrogen-bond acceptors (Lipinski definition) is 5. The van der Waals surface area contributed by atoms with Crippen LogP contribution in [0.2, 0.25) is 0 Å². The van der Waals surface area contributed by atoms with Gasteiger partial charge in [0.1, 0.15) is 5.75 Å². The fourth-order valence-electron chi connectivity index (χ4n) is 3.35. The molecule has 0 bridgehead atoms. The van der Waals surface area contributed by atoms with Crippen LogP contribution in [-0.4, -0.2) is 29.3 Å². The Balaban J connectivity index is 1.60. The van der Waals surface area contributed by atoms with Gasteiger partial charge in [0.2, 0.25) is 5.91 Å². The van der Waals surface area contributed by atoms with Crippen LogP contribution in [0.4, 0.5) is 0 Å². The standard InChI is InChI=1S/C19H24N4O2/c1-12-15(13(2)22-21-12)8-10-19(25)23-20-11-17-16-6-4-3-5-14(16)7-9-18(17)24/h3-7,9,11-13,15,21-22,24H,8,10H2,1-2H3,(H,23,25)/b20-11+. The van der Waals surface area contributed by atoms with Crippen LogP contribution in [0.15, 0.2) is 41.5 Å². The van der Waals surface area contributed by atoms with Crippen molar-refractivity contribution in [2.45, 2.75) is 38.8 Å². The van der Waals surface area contributed by atoms with Crippen LogP contribution in [-0.2, 0) is 4.79 Å². The van der Waals surface area contributed by atoms with Crippen LogP contribution < -0.4 is 16.3 Å². The van der Waals surface area contributed by atoms with Gasteiger partial charge in [-0.25, -0.2) is 5.43 Å². The highest BCUT2D eigenvalue weighted by Gasteiger charge is 2.29. The number of hydrazone groups is 1. The summed E-state index contributed by atoms with van der Waals surface area (Å²) in [6.45, 7) is 4.22. The van der Waals surface area contributed by atoms with Gasteiger partial charge in [-0.3, -0.25) is 15.6 Å². The van der Waals surface area contributed by atoms with E-state index in [9.17, 15) is 9.90 Å². The zero-order valence-corrected chi connectivity index (χ0v) is 14.5. The molecule has 2 aromatic carbocycles. The number of rotatable bonds is 5. The summed E-state index contributed by atoms with van der Waals surface area (Å²) in [6, 6.07) is 11.9. The molecule has 0 aliphatic carbocycles. The fraction of sp³-hybridized carbons (Fsp3) is 0.368. The Morgan fingerprint density at radius 2 is 1.92 bits per heavy atom. The zero-order valence-electron chi connectivity index (χ0n) is 14.5. The number of fused-ring (bicyclic) bond motifs is 1. The molecule has 0 spiro atoms. The summed E-state index contributed by atoms with van der Waals surface area (Å²) in [5.74, 6) is 0.432. The number of benzene rings is 2. The number of carbonyl (C=O) groups is 1. The quantitative estimate of drug-likeness (QED) is 0.497. The summed E-state index contributed by atoms with van der Waals surface area (Å²) < 4.78 is 0. The largest absolute Gasteiger partial charge is 0.507 e. The molecule has 0 radical (unpaired) electrons. The normalized spacial score (nSPS) is 23.4. The maximum atomic E-state index is 12.0. The molecule has 2 atom stereocenters. The predicted molar refractivity (Wildman–Crippen MR) is 99.3 cm³/mol. The molecule has 1 amide bonds. The number of hydrogen-bond donors (Lipinski definition) is 4. The van der Waals surface area contributed by atoms with Crippen molar-refractivity contribution in [2.24, 2.45) is 11.0 Å². The van der Waals surface area contributed by atoms with Gasteiger partial charge in [0.15, 0.2) is 0 Å². The molecule has 0 saturated carbocycles. The number of nitrogens with one attached hydrogen (secondary N) is 3. The lowest BCUT2D eigenvalue weighted by atomic mass is 9.91. The SMILES string of the molecule is CC1NNC(C)C1CCC(=O)N/N=C/c1c(O)ccc2ccccc12. The second-order valence-electron chi connectivity index (χ2n) is 6.58. The summed E-state index contributed by atoms with van der Waals surface area (Å²) in [6.07, 6.45) is 2.71. The highest BCUT2D eigenvalue weighted by Crippen LogP contribution is 2.25. The van der Waals surface area contributed by atoms with E-state index in [1.165, 1.54) is 6.21 Å². The molecule has 1 saturated heterocycles. The van der Waals surface area contributed by atoms with E-state index in [2.05, 4.69) is 35.2 Å². The van der Waals surface area contributed by atoms with Gasteiger partial charge in [0.05, 0.1) is 6.21 Å². The molecular weight excluding hydrogens is 316 g/mol. The van der Waals surface area contributed by atoms with Gasteiger partial charge in [-0.2, -0.15) is 5.10 Å². The molecule has 3 rings (SSSR count). The maximum Gasteiger partial charge on any atom is 0.240 e. The lowest BCUT2D eigenvalue weighted by molar-refractivity contribution is -0.121. The van der Waals surface area contributed by atoms with E-state index in [0.29, 0.717) is 30.0 Å². The molecule has 6 nitrogen and oxygen atoms in total. The van der Waals surface area contributed by atoms with Crippen LogP contribution in [0.5, 0.6) is 5.75 Å². The van der Waals surface area contributed by atoms with E-state index < -0.39 is 0 Å². The van der Waals surface area contributed by atoms with Crippen molar-refractivity contribution in [3.63, 3.8) is 0 Å². The number of amides is 1. The van der Waals surface area contributed by atoms with Crippen molar-refractivity contribution in [3.05, 3.63) is 42.0 Å². The van der Waals surface area contributed by atoms with Crippen molar-refractivity contribution in [1.82, 2.24) is 16.3 Å². The molecule has 1 fully saturated rings. The average Bonchev–Trinajstić information content (AvgIpc) is 2.93. The highest BCUT2D eigenvalue weighted by atomic mass is 16.3. The summed E-state index contributed by atoms with van der Waals surface area (Å²) in [7, 11) is 0. The third-order valence-corrected chi connectivity index (χ3v) is 4.86. The monoisotopic (exact) mass is 340 g/mol. The van der Waals surface area contributed by atoms with Crippen LogP contribution in [0.3, 0.4) is 0 Å². The van der Waals surface area contributed by atoms with Gasteiger partial charge in [0.25, 0.3) is 0 Å². The molecule has 6 heteroatoms. The van der Waals surface area contributed by atoms with Crippen LogP contribution in [0, 0.1) is 5.92 Å². The van der Waals surface area contributed by atoms with E-state index in [4.69, 9.17) is 0 Å². The van der Waals surface area contributed by atoms with E-state index in [0.717, 1.165) is 17.2 Å². The van der Waals surface area contributed by atoms with E-state index in [1.807, 2.05) is 30.3 Å². The average molecular weight is 340 g/mol. The summed E-state index contributed by atoms with van der Waals surface area (Å²) >= 11 is 0. The number of hydrazine groups is 1. The molecule has 25 heavy (non-hydrogen) atoms. The van der Waals surface area contributed by atoms with Gasteiger partial charge in [-0.1, -0.05) is 30.3 Å². The summed E-state index contributed by atoms with van der Waals surface area (Å²) in [5.41, 5.74) is 9.54. The van der Waals surface area contributed by atoms with Crippen molar-refractivity contribution in [3.8, 4) is 5.75 Å². The lowest BCUT2D eigenvalue weighted by Gasteiger charge is -2.16. The minimum Gasteiger partial charge on any atom is -0.507 e. The lowest BCUT2D eigenvalue weighted by Crippen LogP contribution is -2.30. The molecule has 2 aromatic rings. The third-order valence-electron chi connectivity index (χ3n) is 4.86. The van der Waals surface area contributed by atoms with E-state index in [-0.39, 0.29) is 11.7 Å². The van der Waals surface area contributed by atoms with Gasteiger partial charge < -0.3 is 5.11 Å². The number of phenols is 1. The number of carbonyl (C=O) groups excluding carboxylic acids is 1. The first-order chi connectivity index (χ1) is 12.1. The number of nitrogens with zero attached hydrogens (tertiary/aromatic N) is 1. The zero-order chi connectivity index (χ0) is 17.8. The molecule has 1 aliphatic rings. The van der Waals surface area contributed by atoms with Crippen molar-refractivity contribution in [1.29, 1.82) is 0 Å². The number of phenolic OH excluding ortho intramolecular Hbond substituents is 1. The van der Waals surface area contributed by atoms with Crippen LogP contribution in [0.1, 0.15) is 32.3 Å². The van der Waals surface area contributed by atoms with Gasteiger partial charge in [-0.05, 0) is 43.0 Å². The van der Waals surface area contributed by atoms with Crippen LogP contribution in [0.25, 0.3) is 10.8 Å². The van der Waals surface area contributed by atoms with Gasteiger partial charge in [0, 0.05) is 24.1 Å². The minimum absolute atomic E-state index is 0.123. The Morgan fingerprint density at radius 3 is 2.68 bits per heavy atom. The Kier molecular flexibility index (Phi) is 5.31. The number of aromatic hydroxyl groups is 1. The maximum absolute atomic E-state index is 12.0. The topological polar surface area (TPSA) is 85.8 Å². The summed E-state index contributed by atoms with van der Waals surface area (Å²) in [5, 5.41) is 16.0. The van der Waals surface area contributed by atoms with Crippen molar-refractivity contribution >= 4 is 22.9 Å². The second-order valence-corrected chi connectivity index (χ2v) is 6.58. The molecule has 1 aliphatic heterocycles. The highest BCUT2D eigenvalue weighted by molar-refractivity contribution is 6.02. The minimum atomic E-state index is -0.123. The van der Waals surface area contributed by atoms with Crippen LogP contribution >= 0.6 is 0 Å². The van der Waals surface area contributed by atoms with Crippen molar-refractivity contribution < 1.29 is 9.90 Å². The first kappa shape index (κ1) is 17.4. The first-order valence-corrected chi connectivity index (χ1v) is 8.60. The Hall–Kier alpha value is -2.44. The first-order valence-electron chi connectivity index (χ1n) is 8.60. The predicted octanol–water partition coefficient (Wildman–Crippen LogP) is 2.28. The second kappa shape index (κ2) is 7.63. The molecular formula is C19H24N4O2. The van der Waals surface area contributed by atoms with E-state index >= 15 is 0 Å².